The maximum absolute atomic E-state index is 6.00. The molecule has 1 aliphatic rings. The van der Waals surface area contributed by atoms with Gasteiger partial charge in [-0.25, -0.2) is 9.97 Å². The Morgan fingerprint density at radius 3 is 2.81 bits per heavy atom. The van der Waals surface area contributed by atoms with Crippen LogP contribution in [0.25, 0.3) is 56.0 Å². The molecule has 0 saturated carbocycles. The van der Waals surface area contributed by atoms with E-state index >= 15 is 0 Å². The van der Waals surface area contributed by atoms with Crippen molar-refractivity contribution in [1.29, 1.82) is 0 Å². The summed E-state index contributed by atoms with van der Waals surface area (Å²) in [5, 5.41) is 8.35. The minimum Gasteiger partial charge on any atom is -0.491 e. The number of nitrogens with zero attached hydrogens (tertiary/aromatic N) is 6. The topological polar surface area (TPSA) is 122 Å². The van der Waals surface area contributed by atoms with Crippen LogP contribution in [0, 0.1) is 0 Å². The van der Waals surface area contributed by atoms with Crippen LogP contribution in [0.3, 0.4) is 0 Å². The monoisotopic (exact) mass is 492 g/mol. The highest BCUT2D eigenvalue weighted by Gasteiger charge is 2.17. The van der Waals surface area contributed by atoms with Crippen molar-refractivity contribution >= 4 is 22.1 Å². The van der Waals surface area contributed by atoms with Crippen molar-refractivity contribution in [2.75, 3.05) is 26.2 Å². The van der Waals surface area contributed by atoms with Crippen LogP contribution in [0.1, 0.15) is 12.8 Å². The van der Waals surface area contributed by atoms with Gasteiger partial charge in [0, 0.05) is 41.8 Å². The number of hydrogen-bond donors (Lipinski definition) is 2. The predicted octanol–water partition coefficient (Wildman–Crippen LogP) is 4.69. The minimum absolute atomic E-state index is 0.610. The van der Waals surface area contributed by atoms with Gasteiger partial charge in [0.1, 0.15) is 29.3 Å². The molecule has 37 heavy (non-hydrogen) atoms. The molecule has 0 bridgehead atoms. The first-order valence-electron chi connectivity index (χ1n) is 12.3. The number of imidazole rings is 1. The number of ether oxygens (including phenoxy) is 1. The second kappa shape index (κ2) is 9.14. The predicted molar refractivity (Wildman–Crippen MR) is 139 cm³/mol. The largest absolute Gasteiger partial charge is 0.491 e. The third-order valence-electron chi connectivity index (χ3n) is 6.76. The summed E-state index contributed by atoms with van der Waals surface area (Å²) < 4.78 is 11.2. The molecular formula is C27H24N8O2. The molecule has 6 aromatic rings. The highest BCUT2D eigenvalue weighted by Crippen LogP contribution is 2.32. The Hall–Kier alpha value is -4.57. The van der Waals surface area contributed by atoms with Crippen molar-refractivity contribution in [2.45, 2.75) is 12.8 Å². The summed E-state index contributed by atoms with van der Waals surface area (Å²) in [5.41, 5.74) is 6.47. The highest BCUT2D eigenvalue weighted by molar-refractivity contribution is 5.96. The molecule has 6 aromatic heterocycles. The van der Waals surface area contributed by atoms with Gasteiger partial charge in [0.05, 0.1) is 29.6 Å². The van der Waals surface area contributed by atoms with Gasteiger partial charge < -0.3 is 14.1 Å². The molecule has 10 nitrogen and oxygen atoms in total. The highest BCUT2D eigenvalue weighted by atomic mass is 16.5. The van der Waals surface area contributed by atoms with E-state index in [0.717, 1.165) is 69.9 Å². The summed E-state index contributed by atoms with van der Waals surface area (Å²) in [5.74, 6) is 1.41. The Morgan fingerprint density at radius 2 is 1.92 bits per heavy atom. The van der Waals surface area contributed by atoms with E-state index in [9.17, 15) is 0 Å². The van der Waals surface area contributed by atoms with E-state index in [1.54, 1.807) is 31.1 Å². The smallest absolute Gasteiger partial charge is 0.181 e. The van der Waals surface area contributed by atoms with Crippen molar-refractivity contribution in [2.24, 2.45) is 0 Å². The van der Waals surface area contributed by atoms with Crippen molar-refractivity contribution < 1.29 is 9.15 Å². The Bertz CT molecular complexity index is 1680. The zero-order chi connectivity index (χ0) is 24.6. The quantitative estimate of drug-likeness (QED) is 0.329. The molecule has 0 atom stereocenters. The normalized spacial score (nSPS) is 14.2. The van der Waals surface area contributed by atoms with E-state index in [4.69, 9.17) is 14.1 Å². The van der Waals surface area contributed by atoms with Crippen LogP contribution in [0.15, 0.2) is 66.0 Å². The number of aromatic nitrogens is 7. The summed E-state index contributed by atoms with van der Waals surface area (Å²) in [6.45, 7) is 3.90. The number of pyridine rings is 3. The zero-order valence-corrected chi connectivity index (χ0v) is 20.0. The average Bonchev–Trinajstić information content (AvgIpc) is 3.74. The molecule has 1 saturated heterocycles. The van der Waals surface area contributed by atoms with Gasteiger partial charge in [0.15, 0.2) is 11.5 Å². The van der Waals surface area contributed by atoms with Crippen molar-refractivity contribution in [3.05, 3.63) is 61.6 Å². The second-order valence-corrected chi connectivity index (χ2v) is 9.15. The first-order chi connectivity index (χ1) is 18.3. The van der Waals surface area contributed by atoms with Gasteiger partial charge in [-0.05, 0) is 50.2 Å². The molecule has 2 N–H and O–H groups in total. The lowest BCUT2D eigenvalue weighted by Gasteiger charge is -2.15. The Balaban J connectivity index is 1.20. The molecule has 10 heteroatoms. The fraction of sp³-hybridized carbons (Fsp3) is 0.222. The fourth-order valence-corrected chi connectivity index (χ4v) is 4.86. The van der Waals surface area contributed by atoms with E-state index in [0.29, 0.717) is 18.1 Å². The molecule has 7 rings (SSSR count). The molecule has 0 aliphatic carbocycles. The summed E-state index contributed by atoms with van der Waals surface area (Å²) in [4.78, 5) is 24.2. The van der Waals surface area contributed by atoms with Crippen LogP contribution in [-0.2, 0) is 0 Å². The molecule has 1 aliphatic heterocycles. The van der Waals surface area contributed by atoms with Crippen LogP contribution < -0.4 is 4.74 Å². The Morgan fingerprint density at radius 1 is 1.00 bits per heavy atom. The molecule has 7 heterocycles. The van der Waals surface area contributed by atoms with Gasteiger partial charge in [-0.15, -0.1) is 0 Å². The number of aromatic amines is 2. The minimum atomic E-state index is 0.610. The zero-order valence-electron chi connectivity index (χ0n) is 20.0. The SMILES string of the molecule is c1cc2[nH]c(-c3[nH]nc4ncc(-c5cncc(OCCN6CCCC6)c5)cc34)nc2c(-c2ccoc2)n1. The molecule has 0 spiro atoms. The molecule has 0 aromatic carbocycles. The van der Waals surface area contributed by atoms with E-state index < -0.39 is 0 Å². The lowest BCUT2D eigenvalue weighted by Crippen LogP contribution is -2.25. The number of likely N-dealkylation sites (tertiary alicyclic amines) is 1. The van der Waals surface area contributed by atoms with Crippen LogP contribution >= 0.6 is 0 Å². The van der Waals surface area contributed by atoms with Crippen LogP contribution in [-0.4, -0.2) is 66.3 Å². The molecule has 184 valence electrons. The van der Waals surface area contributed by atoms with E-state index in [1.807, 2.05) is 24.4 Å². The fourth-order valence-electron chi connectivity index (χ4n) is 4.86. The first kappa shape index (κ1) is 21.7. The molecule has 0 radical (unpaired) electrons. The number of hydrogen-bond acceptors (Lipinski definition) is 8. The summed E-state index contributed by atoms with van der Waals surface area (Å²) in [6.07, 6.45) is 13.0. The average molecular weight is 493 g/mol. The maximum atomic E-state index is 6.00. The summed E-state index contributed by atoms with van der Waals surface area (Å²) in [6, 6.07) is 7.83. The third kappa shape index (κ3) is 4.11. The van der Waals surface area contributed by atoms with E-state index in [2.05, 4.69) is 41.1 Å². The second-order valence-electron chi connectivity index (χ2n) is 9.15. The van der Waals surface area contributed by atoms with Crippen LogP contribution in [0.4, 0.5) is 0 Å². The van der Waals surface area contributed by atoms with E-state index in [-0.39, 0.29) is 0 Å². The van der Waals surface area contributed by atoms with Gasteiger partial charge in [-0.1, -0.05) is 0 Å². The summed E-state index contributed by atoms with van der Waals surface area (Å²) >= 11 is 0. The Kier molecular flexibility index (Phi) is 5.36. The van der Waals surface area contributed by atoms with Crippen molar-refractivity contribution in [3.63, 3.8) is 0 Å². The van der Waals surface area contributed by atoms with Crippen molar-refractivity contribution in [1.82, 2.24) is 40.0 Å². The first-order valence-corrected chi connectivity index (χ1v) is 12.3. The van der Waals surface area contributed by atoms with Gasteiger partial charge in [-0.2, -0.15) is 5.10 Å². The molecule has 1 fully saturated rings. The lowest BCUT2D eigenvalue weighted by atomic mass is 10.1. The molecule has 0 amide bonds. The number of H-pyrrole nitrogens is 2. The maximum Gasteiger partial charge on any atom is 0.181 e. The van der Waals surface area contributed by atoms with E-state index in [1.165, 1.54) is 12.8 Å². The summed E-state index contributed by atoms with van der Waals surface area (Å²) in [7, 11) is 0. The van der Waals surface area contributed by atoms with Crippen LogP contribution in [0.5, 0.6) is 5.75 Å². The van der Waals surface area contributed by atoms with Gasteiger partial charge in [-0.3, -0.25) is 20.0 Å². The molecule has 0 unspecified atom stereocenters. The van der Waals surface area contributed by atoms with Gasteiger partial charge in [0.2, 0.25) is 0 Å². The van der Waals surface area contributed by atoms with Gasteiger partial charge >= 0.3 is 0 Å². The standard InChI is InChI=1S/C27H24N8O2/c1-2-7-35(6-1)8-10-37-20-11-18(13-28-15-20)19-12-21-24(33-34-26(21)30-14-19)27-31-22-3-5-29-23(25(22)32-27)17-4-9-36-16-17/h3-5,9,11-16H,1-2,6-8,10H2,(H,31,32)(H,30,33,34). The number of nitrogens with one attached hydrogen (secondary N) is 2. The van der Waals surface area contributed by atoms with Crippen molar-refractivity contribution in [3.8, 4) is 39.7 Å². The lowest BCUT2D eigenvalue weighted by molar-refractivity contribution is 0.237. The number of fused-ring (bicyclic) bond motifs is 2. The van der Waals surface area contributed by atoms with Gasteiger partial charge in [0.25, 0.3) is 0 Å². The molecular weight excluding hydrogens is 468 g/mol. The number of furan rings is 1. The Labute approximate surface area is 211 Å². The number of rotatable bonds is 7. The van der Waals surface area contributed by atoms with Crippen LogP contribution in [0.2, 0.25) is 0 Å². The third-order valence-corrected chi connectivity index (χ3v) is 6.76.